The van der Waals surface area contributed by atoms with Crippen molar-refractivity contribution in [3.63, 3.8) is 0 Å². The highest BCUT2D eigenvalue weighted by molar-refractivity contribution is 5.92. The maximum atomic E-state index is 11.7. The van der Waals surface area contributed by atoms with Gasteiger partial charge in [-0.2, -0.15) is 0 Å². The van der Waals surface area contributed by atoms with Crippen molar-refractivity contribution in [3.05, 3.63) is 29.3 Å². The zero-order valence-corrected chi connectivity index (χ0v) is 12.0. The van der Waals surface area contributed by atoms with Gasteiger partial charge in [0.05, 0.1) is 12.2 Å². The van der Waals surface area contributed by atoms with Crippen molar-refractivity contribution >= 4 is 17.7 Å². The molecule has 0 heterocycles. The molecule has 0 radical (unpaired) electrons. The van der Waals surface area contributed by atoms with Crippen LogP contribution in [0.1, 0.15) is 28.8 Å². The van der Waals surface area contributed by atoms with Gasteiger partial charge in [-0.3, -0.25) is 0 Å². The number of hydrogen-bond acceptors (Lipinski definition) is 3. The molecule has 2 rings (SSSR count). The van der Waals surface area contributed by atoms with Gasteiger partial charge in [0, 0.05) is 18.8 Å². The van der Waals surface area contributed by atoms with Crippen LogP contribution in [-0.2, 0) is 4.74 Å². The molecule has 6 heteroatoms. The molecule has 1 aliphatic rings. The molecular formula is C15H20N2O4. The molecule has 1 fully saturated rings. The fraction of sp³-hybridized carbons (Fsp3) is 0.467. The lowest BCUT2D eigenvalue weighted by atomic mass is 10.1. The highest BCUT2D eigenvalue weighted by atomic mass is 16.5. The molecule has 21 heavy (non-hydrogen) atoms. The third kappa shape index (κ3) is 5.07. The van der Waals surface area contributed by atoms with Crippen LogP contribution < -0.4 is 10.6 Å². The molecule has 0 atom stereocenters. The molecule has 114 valence electrons. The second-order valence-corrected chi connectivity index (χ2v) is 5.23. The van der Waals surface area contributed by atoms with E-state index >= 15 is 0 Å². The molecule has 1 aliphatic carbocycles. The Hall–Kier alpha value is -2.08. The van der Waals surface area contributed by atoms with E-state index in [1.54, 1.807) is 13.0 Å². The Kier molecular flexibility index (Phi) is 5.16. The Morgan fingerprint density at radius 3 is 2.76 bits per heavy atom. The lowest BCUT2D eigenvalue weighted by molar-refractivity contribution is 0.0697. The number of aromatic carboxylic acids is 1. The monoisotopic (exact) mass is 292 g/mol. The van der Waals surface area contributed by atoms with E-state index in [1.807, 2.05) is 0 Å². The van der Waals surface area contributed by atoms with E-state index in [9.17, 15) is 9.59 Å². The van der Waals surface area contributed by atoms with Crippen LogP contribution in [0.15, 0.2) is 18.2 Å². The summed E-state index contributed by atoms with van der Waals surface area (Å²) < 4.78 is 5.42. The molecule has 1 saturated carbocycles. The summed E-state index contributed by atoms with van der Waals surface area (Å²) in [6.07, 6.45) is 2.50. The predicted molar refractivity (Wildman–Crippen MR) is 78.7 cm³/mol. The van der Waals surface area contributed by atoms with E-state index < -0.39 is 5.97 Å². The summed E-state index contributed by atoms with van der Waals surface area (Å²) in [7, 11) is 0. The van der Waals surface area contributed by atoms with Gasteiger partial charge in [0.15, 0.2) is 0 Å². The van der Waals surface area contributed by atoms with Crippen molar-refractivity contribution in [2.45, 2.75) is 19.8 Å². The standard InChI is InChI=1S/C15H20N2O4/c1-10-8-12(14(18)19)4-5-13(10)17-15(20)16-6-7-21-9-11-2-3-11/h4-5,8,11H,2-3,6-7,9H2,1H3,(H,18,19)(H2,16,17,20). The number of carboxylic acid groups (broad SMARTS) is 1. The van der Waals surface area contributed by atoms with Gasteiger partial charge in [-0.05, 0) is 49.4 Å². The lowest BCUT2D eigenvalue weighted by Crippen LogP contribution is -2.32. The third-order valence-electron chi connectivity index (χ3n) is 3.30. The van der Waals surface area contributed by atoms with Gasteiger partial charge in [-0.15, -0.1) is 0 Å². The van der Waals surface area contributed by atoms with Crippen molar-refractivity contribution in [1.29, 1.82) is 0 Å². The summed E-state index contributed by atoms with van der Waals surface area (Å²) in [5.74, 6) is -0.267. The van der Waals surface area contributed by atoms with Crippen LogP contribution >= 0.6 is 0 Å². The third-order valence-corrected chi connectivity index (χ3v) is 3.30. The van der Waals surface area contributed by atoms with Crippen LogP contribution in [0.25, 0.3) is 0 Å². The molecule has 0 saturated heterocycles. The second kappa shape index (κ2) is 7.08. The molecular weight excluding hydrogens is 272 g/mol. The minimum absolute atomic E-state index is 0.201. The molecule has 0 aliphatic heterocycles. The van der Waals surface area contributed by atoms with Gasteiger partial charge in [0.1, 0.15) is 0 Å². The molecule has 6 nitrogen and oxygen atoms in total. The first kappa shape index (κ1) is 15.3. The summed E-state index contributed by atoms with van der Waals surface area (Å²) in [6, 6.07) is 4.25. The number of amides is 2. The van der Waals surface area contributed by atoms with Crippen LogP contribution in [-0.4, -0.2) is 36.9 Å². The van der Waals surface area contributed by atoms with Crippen LogP contribution in [0.5, 0.6) is 0 Å². The number of hydrogen-bond donors (Lipinski definition) is 3. The first-order chi connectivity index (χ1) is 10.1. The average Bonchev–Trinajstić information content (AvgIpc) is 3.24. The molecule has 2 amide bonds. The summed E-state index contributed by atoms with van der Waals surface area (Å²) >= 11 is 0. The highest BCUT2D eigenvalue weighted by Crippen LogP contribution is 2.28. The second-order valence-electron chi connectivity index (χ2n) is 5.23. The van der Waals surface area contributed by atoms with Gasteiger partial charge >= 0.3 is 12.0 Å². The van der Waals surface area contributed by atoms with Crippen LogP contribution in [0.3, 0.4) is 0 Å². The summed E-state index contributed by atoms with van der Waals surface area (Å²) in [6.45, 7) is 3.48. The van der Waals surface area contributed by atoms with Crippen LogP contribution in [0.4, 0.5) is 10.5 Å². The van der Waals surface area contributed by atoms with E-state index in [-0.39, 0.29) is 11.6 Å². The quantitative estimate of drug-likeness (QED) is 0.673. The smallest absolute Gasteiger partial charge is 0.335 e. The number of carboxylic acids is 1. The maximum Gasteiger partial charge on any atom is 0.335 e. The van der Waals surface area contributed by atoms with Crippen LogP contribution in [0, 0.1) is 12.8 Å². The number of carbonyl (C=O) groups excluding carboxylic acids is 1. The molecule has 0 unspecified atom stereocenters. The predicted octanol–water partition coefficient (Wildman–Crippen LogP) is 2.24. The molecule has 0 aromatic heterocycles. The number of nitrogens with one attached hydrogen (secondary N) is 2. The number of rotatable bonds is 7. The van der Waals surface area contributed by atoms with Crippen LogP contribution in [0.2, 0.25) is 0 Å². The zero-order chi connectivity index (χ0) is 15.2. The summed E-state index contributed by atoms with van der Waals surface area (Å²) in [5.41, 5.74) is 1.50. The van der Waals surface area contributed by atoms with Crippen molar-refractivity contribution in [1.82, 2.24) is 5.32 Å². The molecule has 0 spiro atoms. The van der Waals surface area contributed by atoms with Crippen molar-refractivity contribution in [2.24, 2.45) is 5.92 Å². The lowest BCUT2D eigenvalue weighted by Gasteiger charge is -2.10. The summed E-state index contributed by atoms with van der Waals surface area (Å²) in [5, 5.41) is 14.3. The van der Waals surface area contributed by atoms with Gasteiger partial charge < -0.3 is 20.5 Å². The molecule has 3 N–H and O–H groups in total. The minimum atomic E-state index is -0.984. The number of anilines is 1. The first-order valence-corrected chi connectivity index (χ1v) is 7.03. The van der Waals surface area contributed by atoms with E-state index in [4.69, 9.17) is 9.84 Å². The Balaban J connectivity index is 1.72. The van der Waals surface area contributed by atoms with E-state index in [0.717, 1.165) is 6.61 Å². The largest absolute Gasteiger partial charge is 0.478 e. The number of carbonyl (C=O) groups is 2. The molecule has 0 bridgehead atoms. The SMILES string of the molecule is Cc1cc(C(=O)O)ccc1NC(=O)NCCOCC1CC1. The summed E-state index contributed by atoms with van der Waals surface area (Å²) in [4.78, 5) is 22.5. The van der Waals surface area contributed by atoms with Gasteiger partial charge in [-0.25, -0.2) is 9.59 Å². The Labute approximate surface area is 123 Å². The number of urea groups is 1. The average molecular weight is 292 g/mol. The van der Waals surface area contributed by atoms with E-state index in [2.05, 4.69) is 10.6 Å². The Bertz CT molecular complexity index is 526. The molecule has 1 aromatic rings. The van der Waals surface area contributed by atoms with E-state index in [0.29, 0.717) is 30.3 Å². The number of benzene rings is 1. The highest BCUT2D eigenvalue weighted by Gasteiger charge is 2.20. The van der Waals surface area contributed by atoms with Gasteiger partial charge in [0.25, 0.3) is 0 Å². The molecule has 1 aromatic carbocycles. The van der Waals surface area contributed by atoms with Gasteiger partial charge in [-0.1, -0.05) is 0 Å². The Morgan fingerprint density at radius 2 is 2.14 bits per heavy atom. The normalized spacial score (nSPS) is 13.8. The number of ether oxygens (including phenoxy) is 1. The maximum absolute atomic E-state index is 11.7. The zero-order valence-electron chi connectivity index (χ0n) is 12.0. The number of aryl methyl sites for hydroxylation is 1. The van der Waals surface area contributed by atoms with Gasteiger partial charge in [0.2, 0.25) is 0 Å². The minimum Gasteiger partial charge on any atom is -0.478 e. The van der Waals surface area contributed by atoms with E-state index in [1.165, 1.54) is 25.0 Å². The van der Waals surface area contributed by atoms with Crippen molar-refractivity contribution in [2.75, 3.05) is 25.1 Å². The first-order valence-electron chi connectivity index (χ1n) is 7.03. The Morgan fingerprint density at radius 1 is 1.38 bits per heavy atom. The fourth-order valence-electron chi connectivity index (χ4n) is 1.87. The van der Waals surface area contributed by atoms with Crippen molar-refractivity contribution in [3.8, 4) is 0 Å². The fourth-order valence-corrected chi connectivity index (χ4v) is 1.87. The topological polar surface area (TPSA) is 87.7 Å². The van der Waals surface area contributed by atoms with Crippen molar-refractivity contribution < 1.29 is 19.4 Å².